The average Bonchev–Trinajstić information content (AvgIpc) is 3.13. The molecule has 3 heterocycles. The second-order valence-corrected chi connectivity index (χ2v) is 5.76. The van der Waals surface area contributed by atoms with Crippen LogP contribution in [-0.4, -0.2) is 55.9 Å². The van der Waals surface area contributed by atoms with Crippen LogP contribution in [0.25, 0.3) is 11.2 Å². The molecule has 112 valence electrons. The van der Waals surface area contributed by atoms with Crippen LogP contribution in [0.3, 0.4) is 0 Å². The summed E-state index contributed by atoms with van der Waals surface area (Å²) in [7, 11) is 1.77. The van der Waals surface area contributed by atoms with Gasteiger partial charge in [0.1, 0.15) is 11.4 Å². The second-order valence-electron chi connectivity index (χ2n) is 4.79. The van der Waals surface area contributed by atoms with Gasteiger partial charge in [0, 0.05) is 20.2 Å². The molecule has 1 saturated heterocycles. The van der Waals surface area contributed by atoms with Crippen LogP contribution < -0.4 is 5.32 Å². The monoisotopic (exact) mass is 308 g/mol. The minimum Gasteiger partial charge on any atom is -0.376 e. The molecule has 21 heavy (non-hydrogen) atoms. The summed E-state index contributed by atoms with van der Waals surface area (Å²) >= 11 is 1.33. The summed E-state index contributed by atoms with van der Waals surface area (Å²) in [6.07, 6.45) is 3.70. The Labute approximate surface area is 125 Å². The number of nitrogens with one attached hydrogen (secondary N) is 1. The summed E-state index contributed by atoms with van der Waals surface area (Å²) in [5.74, 6) is 0.251. The van der Waals surface area contributed by atoms with E-state index in [4.69, 9.17) is 4.74 Å². The van der Waals surface area contributed by atoms with Gasteiger partial charge < -0.3 is 10.1 Å². The van der Waals surface area contributed by atoms with Crippen molar-refractivity contribution in [2.45, 2.75) is 24.0 Å². The van der Waals surface area contributed by atoms with Gasteiger partial charge in [-0.25, -0.2) is 14.6 Å². The summed E-state index contributed by atoms with van der Waals surface area (Å²) in [4.78, 5) is 20.1. The molecule has 1 aliphatic rings. The van der Waals surface area contributed by atoms with Crippen LogP contribution in [0.1, 0.15) is 12.8 Å². The van der Waals surface area contributed by atoms with Crippen molar-refractivity contribution in [3.05, 3.63) is 6.33 Å². The minimum atomic E-state index is -0.0360. The number of rotatable bonds is 5. The first-order valence-corrected chi connectivity index (χ1v) is 7.74. The maximum absolute atomic E-state index is 11.8. The number of hydrogen-bond acceptors (Lipinski definition) is 7. The highest BCUT2D eigenvalue weighted by Crippen LogP contribution is 2.21. The standard InChI is InChI=1S/C12H16N6O2S/c1-18-11-10(16-17-18)12(15-7-14-11)21-6-9(19)13-5-8-3-2-4-20-8/h7-8H,2-6H2,1H3,(H,13,19)/t8-/m0/s1. The quantitative estimate of drug-likeness (QED) is 0.620. The van der Waals surface area contributed by atoms with Gasteiger partial charge in [-0.05, 0) is 12.8 Å². The summed E-state index contributed by atoms with van der Waals surface area (Å²) in [6.45, 7) is 1.37. The van der Waals surface area contributed by atoms with E-state index in [1.807, 2.05) is 0 Å². The van der Waals surface area contributed by atoms with Crippen molar-refractivity contribution in [3.63, 3.8) is 0 Å². The molecule has 0 saturated carbocycles. The Morgan fingerprint density at radius 3 is 3.29 bits per heavy atom. The Balaban J connectivity index is 1.54. The van der Waals surface area contributed by atoms with Gasteiger partial charge in [0.05, 0.1) is 11.9 Å². The van der Waals surface area contributed by atoms with Crippen LogP contribution in [0, 0.1) is 0 Å². The van der Waals surface area contributed by atoms with Crippen molar-refractivity contribution in [2.75, 3.05) is 18.9 Å². The molecule has 0 unspecified atom stereocenters. The number of hydrogen-bond donors (Lipinski definition) is 1. The Bertz CT molecular complexity index is 640. The largest absolute Gasteiger partial charge is 0.376 e. The van der Waals surface area contributed by atoms with E-state index in [9.17, 15) is 4.79 Å². The van der Waals surface area contributed by atoms with Gasteiger partial charge in [-0.2, -0.15) is 0 Å². The van der Waals surface area contributed by atoms with Gasteiger partial charge in [-0.3, -0.25) is 4.79 Å². The van der Waals surface area contributed by atoms with Crippen molar-refractivity contribution in [1.29, 1.82) is 0 Å². The molecule has 0 bridgehead atoms. The molecule has 0 radical (unpaired) electrons. The Kier molecular flexibility index (Phi) is 4.30. The molecule has 0 spiro atoms. The third kappa shape index (κ3) is 3.30. The van der Waals surface area contributed by atoms with E-state index < -0.39 is 0 Å². The van der Waals surface area contributed by atoms with E-state index in [0.717, 1.165) is 19.4 Å². The molecular formula is C12H16N6O2S. The fraction of sp³-hybridized carbons (Fsp3) is 0.583. The predicted molar refractivity (Wildman–Crippen MR) is 76.8 cm³/mol. The number of ether oxygens (including phenoxy) is 1. The molecule has 2 aromatic rings. The van der Waals surface area contributed by atoms with Gasteiger partial charge in [0.15, 0.2) is 11.2 Å². The lowest BCUT2D eigenvalue weighted by Crippen LogP contribution is -2.32. The number of amides is 1. The number of aromatic nitrogens is 5. The van der Waals surface area contributed by atoms with Crippen molar-refractivity contribution in [1.82, 2.24) is 30.3 Å². The third-order valence-corrected chi connectivity index (χ3v) is 4.22. The van der Waals surface area contributed by atoms with E-state index in [1.54, 1.807) is 11.7 Å². The van der Waals surface area contributed by atoms with Crippen LogP contribution in [0.5, 0.6) is 0 Å². The lowest BCUT2D eigenvalue weighted by atomic mass is 10.2. The minimum absolute atomic E-state index is 0.0360. The Morgan fingerprint density at radius 1 is 1.57 bits per heavy atom. The number of nitrogens with zero attached hydrogens (tertiary/aromatic N) is 5. The lowest BCUT2D eigenvalue weighted by molar-refractivity contribution is -0.119. The first-order chi connectivity index (χ1) is 10.2. The zero-order chi connectivity index (χ0) is 14.7. The number of thioether (sulfide) groups is 1. The van der Waals surface area contributed by atoms with Gasteiger partial charge in [0.25, 0.3) is 0 Å². The SMILES string of the molecule is Cn1nnc2c(SCC(=O)NC[C@@H]3CCCO3)ncnc21. The zero-order valence-electron chi connectivity index (χ0n) is 11.7. The van der Waals surface area contributed by atoms with Crippen LogP contribution in [0.15, 0.2) is 11.4 Å². The molecule has 0 aromatic carbocycles. The smallest absolute Gasteiger partial charge is 0.230 e. The number of carbonyl (C=O) groups excluding carboxylic acids is 1. The van der Waals surface area contributed by atoms with Gasteiger partial charge >= 0.3 is 0 Å². The summed E-state index contributed by atoms with van der Waals surface area (Å²) < 4.78 is 7.05. The van der Waals surface area contributed by atoms with Gasteiger partial charge in [-0.15, -0.1) is 5.10 Å². The second kappa shape index (κ2) is 6.35. The lowest BCUT2D eigenvalue weighted by Gasteiger charge is -2.10. The van der Waals surface area contributed by atoms with Crippen LogP contribution in [-0.2, 0) is 16.6 Å². The van der Waals surface area contributed by atoms with Crippen LogP contribution in [0.2, 0.25) is 0 Å². The van der Waals surface area contributed by atoms with Crippen molar-refractivity contribution in [3.8, 4) is 0 Å². The topological polar surface area (TPSA) is 94.8 Å². The Morgan fingerprint density at radius 2 is 2.48 bits per heavy atom. The van der Waals surface area contributed by atoms with E-state index in [2.05, 4.69) is 25.6 Å². The molecule has 1 N–H and O–H groups in total. The molecular weight excluding hydrogens is 292 g/mol. The first kappa shape index (κ1) is 14.2. The molecule has 2 aromatic heterocycles. The highest BCUT2D eigenvalue weighted by Gasteiger charge is 2.17. The summed E-state index contributed by atoms with van der Waals surface area (Å²) in [5, 5.41) is 11.5. The number of aryl methyl sites for hydroxylation is 1. The van der Waals surface area contributed by atoms with E-state index in [1.165, 1.54) is 18.1 Å². The van der Waals surface area contributed by atoms with Crippen LogP contribution in [0.4, 0.5) is 0 Å². The molecule has 1 amide bonds. The summed E-state index contributed by atoms with van der Waals surface area (Å²) in [5.41, 5.74) is 1.28. The van der Waals surface area contributed by atoms with Gasteiger partial charge in [-0.1, -0.05) is 17.0 Å². The van der Waals surface area contributed by atoms with Crippen molar-refractivity contribution < 1.29 is 9.53 Å². The van der Waals surface area contributed by atoms with Crippen LogP contribution >= 0.6 is 11.8 Å². The molecule has 1 fully saturated rings. The van der Waals surface area contributed by atoms with Gasteiger partial charge in [0.2, 0.25) is 5.91 Å². The number of carbonyl (C=O) groups is 1. The fourth-order valence-corrected chi connectivity index (χ4v) is 2.92. The Hall–Kier alpha value is -1.74. The molecule has 0 aliphatic carbocycles. The van der Waals surface area contributed by atoms with E-state index in [-0.39, 0.29) is 17.8 Å². The first-order valence-electron chi connectivity index (χ1n) is 6.75. The fourth-order valence-electron chi connectivity index (χ4n) is 2.16. The molecule has 8 nitrogen and oxygen atoms in total. The third-order valence-electron chi connectivity index (χ3n) is 3.25. The average molecular weight is 308 g/mol. The number of fused-ring (bicyclic) bond motifs is 1. The van der Waals surface area contributed by atoms with E-state index in [0.29, 0.717) is 22.7 Å². The predicted octanol–water partition coefficient (Wildman–Crippen LogP) is 0.146. The molecule has 3 rings (SSSR count). The molecule has 1 aliphatic heterocycles. The summed E-state index contributed by atoms with van der Waals surface area (Å²) in [6, 6.07) is 0. The maximum Gasteiger partial charge on any atom is 0.230 e. The zero-order valence-corrected chi connectivity index (χ0v) is 12.5. The molecule has 9 heteroatoms. The highest BCUT2D eigenvalue weighted by atomic mass is 32.2. The van der Waals surface area contributed by atoms with Crippen molar-refractivity contribution in [2.24, 2.45) is 7.05 Å². The molecule has 1 atom stereocenters. The highest BCUT2D eigenvalue weighted by molar-refractivity contribution is 8.00. The normalized spacial score (nSPS) is 18.2. The van der Waals surface area contributed by atoms with E-state index >= 15 is 0 Å². The maximum atomic E-state index is 11.8. The van der Waals surface area contributed by atoms with Crippen molar-refractivity contribution >= 4 is 28.8 Å².